The Morgan fingerprint density at radius 1 is 1.50 bits per heavy atom. The molecule has 0 aliphatic carbocycles. The highest BCUT2D eigenvalue weighted by molar-refractivity contribution is 5.75. The van der Waals surface area contributed by atoms with Gasteiger partial charge in [-0.25, -0.2) is 0 Å². The molecule has 0 spiro atoms. The zero-order valence-electron chi connectivity index (χ0n) is 8.85. The van der Waals surface area contributed by atoms with E-state index in [0.717, 1.165) is 24.3 Å². The predicted molar refractivity (Wildman–Crippen MR) is 61.4 cm³/mol. The molecule has 2 heterocycles. The van der Waals surface area contributed by atoms with Crippen LogP contribution in [0.3, 0.4) is 0 Å². The number of hydrogen-bond donors (Lipinski definition) is 2. The van der Waals surface area contributed by atoms with Crippen molar-refractivity contribution in [2.75, 3.05) is 23.3 Å². The lowest BCUT2D eigenvalue weighted by atomic mass is 10.1. The van der Waals surface area contributed by atoms with Crippen molar-refractivity contribution in [3.8, 4) is 6.07 Å². The summed E-state index contributed by atoms with van der Waals surface area (Å²) >= 11 is 0. The molecule has 1 saturated heterocycles. The van der Waals surface area contributed by atoms with Crippen LogP contribution in [0.25, 0.3) is 0 Å². The third-order valence-electron chi connectivity index (χ3n) is 3.36. The molecule has 82 valence electrons. The van der Waals surface area contributed by atoms with E-state index in [1.165, 1.54) is 0 Å². The van der Waals surface area contributed by atoms with Crippen LogP contribution < -0.4 is 10.2 Å². The van der Waals surface area contributed by atoms with Gasteiger partial charge in [-0.05, 0) is 24.6 Å². The van der Waals surface area contributed by atoms with Crippen LogP contribution in [0.1, 0.15) is 12.0 Å². The molecule has 2 aliphatic rings. The second-order valence-electron chi connectivity index (χ2n) is 4.42. The molecule has 1 aromatic rings. The third-order valence-corrected chi connectivity index (χ3v) is 3.36. The Labute approximate surface area is 94.1 Å². The SMILES string of the molecule is N#Cc1ccc2c(c1)NCC1CC(O)CN21. The van der Waals surface area contributed by atoms with Gasteiger partial charge in [0.05, 0.1) is 29.1 Å². The van der Waals surface area contributed by atoms with Crippen molar-refractivity contribution in [1.29, 1.82) is 5.26 Å². The zero-order valence-corrected chi connectivity index (χ0v) is 8.85. The average Bonchev–Trinajstić information content (AvgIpc) is 2.69. The number of aliphatic hydroxyl groups is 1. The summed E-state index contributed by atoms with van der Waals surface area (Å²) in [6.07, 6.45) is 0.597. The van der Waals surface area contributed by atoms with Gasteiger partial charge in [0.2, 0.25) is 0 Å². The van der Waals surface area contributed by atoms with E-state index < -0.39 is 0 Å². The van der Waals surface area contributed by atoms with Gasteiger partial charge < -0.3 is 15.3 Å². The highest BCUT2D eigenvalue weighted by Crippen LogP contribution is 2.36. The molecular weight excluding hydrogens is 202 g/mol. The Hall–Kier alpha value is -1.73. The number of hydrogen-bond acceptors (Lipinski definition) is 4. The summed E-state index contributed by atoms with van der Waals surface area (Å²) in [5.74, 6) is 0. The van der Waals surface area contributed by atoms with Crippen LogP contribution in [0.5, 0.6) is 0 Å². The van der Waals surface area contributed by atoms with Gasteiger partial charge in [0.1, 0.15) is 0 Å². The number of aliphatic hydroxyl groups excluding tert-OH is 1. The van der Waals surface area contributed by atoms with E-state index in [1.54, 1.807) is 0 Å². The molecule has 0 saturated carbocycles. The minimum atomic E-state index is -0.228. The van der Waals surface area contributed by atoms with Crippen molar-refractivity contribution >= 4 is 11.4 Å². The maximum absolute atomic E-state index is 9.66. The van der Waals surface area contributed by atoms with Crippen molar-refractivity contribution in [3.05, 3.63) is 23.8 Å². The third kappa shape index (κ3) is 1.33. The number of nitrogens with one attached hydrogen (secondary N) is 1. The summed E-state index contributed by atoms with van der Waals surface area (Å²) in [7, 11) is 0. The molecule has 4 nitrogen and oxygen atoms in total. The van der Waals surface area contributed by atoms with Crippen molar-refractivity contribution in [2.24, 2.45) is 0 Å². The van der Waals surface area contributed by atoms with E-state index in [0.29, 0.717) is 18.2 Å². The first-order valence-corrected chi connectivity index (χ1v) is 5.50. The molecule has 2 aliphatic heterocycles. The van der Waals surface area contributed by atoms with Gasteiger partial charge in [-0.2, -0.15) is 5.26 Å². The van der Waals surface area contributed by atoms with Gasteiger partial charge in [-0.1, -0.05) is 0 Å². The summed E-state index contributed by atoms with van der Waals surface area (Å²) in [5.41, 5.74) is 2.78. The van der Waals surface area contributed by atoms with E-state index >= 15 is 0 Å². The second-order valence-corrected chi connectivity index (χ2v) is 4.42. The van der Waals surface area contributed by atoms with E-state index in [-0.39, 0.29) is 6.10 Å². The Balaban J connectivity index is 2.01. The quantitative estimate of drug-likeness (QED) is 0.675. The van der Waals surface area contributed by atoms with Crippen LogP contribution in [0.2, 0.25) is 0 Å². The summed E-state index contributed by atoms with van der Waals surface area (Å²) in [6.45, 7) is 1.55. The standard InChI is InChI=1S/C12H13N3O/c13-5-8-1-2-12-11(3-8)14-6-9-4-10(16)7-15(9)12/h1-3,9-10,14,16H,4,6-7H2. The van der Waals surface area contributed by atoms with E-state index in [9.17, 15) is 5.11 Å². The molecule has 2 unspecified atom stereocenters. The fourth-order valence-corrected chi connectivity index (χ4v) is 2.61. The molecule has 1 aromatic carbocycles. The molecule has 3 rings (SSSR count). The second kappa shape index (κ2) is 3.39. The minimum absolute atomic E-state index is 0.228. The van der Waals surface area contributed by atoms with Crippen LogP contribution in [-0.2, 0) is 0 Å². The largest absolute Gasteiger partial charge is 0.391 e. The van der Waals surface area contributed by atoms with Crippen LogP contribution in [0.4, 0.5) is 11.4 Å². The first kappa shape index (κ1) is 9.49. The maximum atomic E-state index is 9.66. The fourth-order valence-electron chi connectivity index (χ4n) is 2.61. The normalized spacial score (nSPS) is 26.6. The molecule has 0 aromatic heterocycles. The van der Waals surface area contributed by atoms with Gasteiger partial charge in [0.25, 0.3) is 0 Å². The molecule has 2 atom stereocenters. The zero-order chi connectivity index (χ0) is 11.1. The summed E-state index contributed by atoms with van der Waals surface area (Å²) in [6, 6.07) is 8.18. The topological polar surface area (TPSA) is 59.3 Å². The first-order valence-electron chi connectivity index (χ1n) is 5.50. The van der Waals surface area contributed by atoms with Crippen molar-refractivity contribution in [3.63, 3.8) is 0 Å². The highest BCUT2D eigenvalue weighted by atomic mass is 16.3. The molecular formula is C12H13N3O. The molecule has 0 bridgehead atoms. The highest BCUT2D eigenvalue weighted by Gasteiger charge is 2.34. The van der Waals surface area contributed by atoms with Crippen molar-refractivity contribution in [2.45, 2.75) is 18.6 Å². The molecule has 2 N–H and O–H groups in total. The predicted octanol–water partition coefficient (Wildman–Crippen LogP) is 0.923. The molecule has 0 amide bonds. The van der Waals surface area contributed by atoms with Crippen LogP contribution in [-0.4, -0.2) is 30.3 Å². The first-order chi connectivity index (χ1) is 7.78. The van der Waals surface area contributed by atoms with Gasteiger partial charge >= 0.3 is 0 Å². The van der Waals surface area contributed by atoms with Crippen molar-refractivity contribution < 1.29 is 5.11 Å². The monoisotopic (exact) mass is 215 g/mol. The Morgan fingerprint density at radius 3 is 3.19 bits per heavy atom. The molecule has 4 heteroatoms. The van der Waals surface area contributed by atoms with Gasteiger partial charge in [-0.3, -0.25) is 0 Å². The minimum Gasteiger partial charge on any atom is -0.391 e. The van der Waals surface area contributed by atoms with E-state index in [1.807, 2.05) is 18.2 Å². The van der Waals surface area contributed by atoms with Gasteiger partial charge in [0.15, 0.2) is 0 Å². The maximum Gasteiger partial charge on any atom is 0.0992 e. The smallest absolute Gasteiger partial charge is 0.0992 e. The summed E-state index contributed by atoms with van der Waals surface area (Å²) in [4.78, 5) is 2.23. The lowest BCUT2D eigenvalue weighted by Gasteiger charge is -2.34. The van der Waals surface area contributed by atoms with Gasteiger partial charge in [-0.15, -0.1) is 0 Å². The molecule has 1 fully saturated rings. The Kier molecular flexibility index (Phi) is 2.01. The number of rotatable bonds is 0. The Morgan fingerprint density at radius 2 is 2.38 bits per heavy atom. The summed E-state index contributed by atoms with van der Waals surface area (Å²) < 4.78 is 0. The number of anilines is 2. The van der Waals surface area contributed by atoms with Crippen LogP contribution in [0, 0.1) is 11.3 Å². The van der Waals surface area contributed by atoms with E-state index in [4.69, 9.17) is 5.26 Å². The molecule has 0 radical (unpaired) electrons. The lowest BCUT2D eigenvalue weighted by Crippen LogP contribution is -2.39. The fraction of sp³-hybridized carbons (Fsp3) is 0.417. The average molecular weight is 215 g/mol. The lowest BCUT2D eigenvalue weighted by molar-refractivity contribution is 0.195. The number of benzene rings is 1. The Bertz CT molecular complexity index is 466. The molecule has 16 heavy (non-hydrogen) atoms. The van der Waals surface area contributed by atoms with Gasteiger partial charge in [0, 0.05) is 19.1 Å². The van der Waals surface area contributed by atoms with Crippen LogP contribution in [0.15, 0.2) is 18.2 Å². The number of fused-ring (bicyclic) bond motifs is 3. The van der Waals surface area contributed by atoms with E-state index in [2.05, 4.69) is 16.3 Å². The number of nitrogens with zero attached hydrogens (tertiary/aromatic N) is 2. The number of nitriles is 1. The summed E-state index contributed by atoms with van der Waals surface area (Å²) in [5, 5.41) is 21.8. The van der Waals surface area contributed by atoms with Crippen LogP contribution >= 0.6 is 0 Å². The van der Waals surface area contributed by atoms with Crippen molar-refractivity contribution in [1.82, 2.24) is 0 Å².